The first-order valence-electron chi connectivity index (χ1n) is 12.1. The van der Waals surface area contributed by atoms with Gasteiger partial charge >= 0.3 is 6.18 Å². The molecule has 0 bridgehead atoms. The van der Waals surface area contributed by atoms with Gasteiger partial charge in [-0.1, -0.05) is 58.0 Å². The topological polar surface area (TPSA) is 21.7 Å². The van der Waals surface area contributed by atoms with Crippen LogP contribution in [0.5, 0.6) is 0 Å². The number of aromatic nitrogens is 3. The lowest BCUT2D eigenvalue weighted by Crippen LogP contribution is -2.30. The van der Waals surface area contributed by atoms with E-state index in [1.54, 1.807) is 6.07 Å². The van der Waals surface area contributed by atoms with Gasteiger partial charge in [0.05, 0.1) is 22.8 Å². The molecule has 2 aromatic heterocycles. The maximum absolute atomic E-state index is 13.5. The van der Waals surface area contributed by atoms with Crippen molar-refractivity contribution in [3.63, 3.8) is 0 Å². The minimum absolute atomic E-state index is 0.289. The maximum atomic E-state index is 13.5. The summed E-state index contributed by atoms with van der Waals surface area (Å²) >= 11 is 0.716. The lowest BCUT2D eigenvalue weighted by molar-refractivity contribution is -0.633. The first-order chi connectivity index (χ1) is 17.0. The van der Waals surface area contributed by atoms with Gasteiger partial charge < -0.3 is 0 Å². The maximum Gasteiger partial charge on any atom is 0.443 e. The number of fused-ring (bicyclic) bond motifs is 2. The number of para-hydroxylation sites is 3. The third-order valence-corrected chi connectivity index (χ3v) is 8.10. The van der Waals surface area contributed by atoms with Crippen molar-refractivity contribution in [3.8, 4) is 17.1 Å². The smallest absolute Gasteiger partial charge is 0.232 e. The van der Waals surface area contributed by atoms with E-state index in [1.807, 2.05) is 32.2 Å². The lowest BCUT2D eigenvalue weighted by Gasteiger charge is -2.18. The number of hydrogen-bond donors (Lipinski definition) is 0. The van der Waals surface area contributed by atoms with Crippen LogP contribution in [0.25, 0.3) is 38.3 Å². The molecule has 0 radical (unpaired) electrons. The molecule has 0 amide bonds. The minimum Gasteiger partial charge on any atom is -0.232 e. The summed E-state index contributed by atoms with van der Waals surface area (Å²) in [7, 11) is 2.03. The number of imidazole rings is 1. The molecule has 5 aromatic rings. The van der Waals surface area contributed by atoms with Gasteiger partial charge in [0, 0.05) is 11.1 Å². The second-order valence-corrected chi connectivity index (χ2v) is 10.9. The Morgan fingerprint density at radius 3 is 2.14 bits per heavy atom. The molecule has 5 rings (SSSR count). The number of rotatable bonds is 4. The standard InChI is InChI=1S/C29H29F3N3S/c1-16(2)19-10-9-11-20(17(3)4)25(19)35-24-13-8-7-12-23(24)34(6)27(35)21-14-15-22-26(18(21)5)36-28(33-22)29(30,31)32/h7-17H,1-6H3/q+1. The molecule has 0 aliphatic heterocycles. The fourth-order valence-corrected chi connectivity index (χ4v) is 6.03. The van der Waals surface area contributed by atoms with Crippen molar-refractivity contribution in [1.29, 1.82) is 0 Å². The Bertz CT molecular complexity index is 1580. The van der Waals surface area contributed by atoms with E-state index in [1.165, 1.54) is 11.1 Å². The third-order valence-electron chi connectivity index (χ3n) is 6.87. The normalized spacial score (nSPS) is 12.5. The molecular weight excluding hydrogens is 479 g/mol. The van der Waals surface area contributed by atoms with Gasteiger partial charge in [-0.2, -0.15) is 17.7 Å². The highest BCUT2D eigenvalue weighted by Gasteiger charge is 2.36. The first-order valence-corrected chi connectivity index (χ1v) is 12.9. The van der Waals surface area contributed by atoms with Crippen molar-refractivity contribution in [2.75, 3.05) is 0 Å². The molecule has 36 heavy (non-hydrogen) atoms. The molecule has 0 saturated heterocycles. The Morgan fingerprint density at radius 1 is 0.889 bits per heavy atom. The molecule has 3 aromatic carbocycles. The van der Waals surface area contributed by atoms with E-state index >= 15 is 0 Å². The summed E-state index contributed by atoms with van der Waals surface area (Å²) in [6, 6.07) is 18.4. The van der Waals surface area contributed by atoms with Gasteiger partial charge in [-0.15, -0.1) is 11.3 Å². The van der Waals surface area contributed by atoms with Crippen molar-refractivity contribution >= 4 is 32.6 Å². The van der Waals surface area contributed by atoms with Gasteiger partial charge in [-0.05, 0) is 48.6 Å². The number of thiazole rings is 1. The Labute approximate surface area is 212 Å². The fraction of sp³-hybridized carbons (Fsp3) is 0.310. The van der Waals surface area contributed by atoms with Crippen LogP contribution in [0.1, 0.15) is 61.2 Å². The van der Waals surface area contributed by atoms with E-state index < -0.39 is 11.2 Å². The zero-order valence-corrected chi connectivity index (χ0v) is 22.1. The molecule has 0 atom stereocenters. The molecule has 0 fully saturated rings. The highest BCUT2D eigenvalue weighted by atomic mass is 32.1. The molecule has 2 heterocycles. The summed E-state index contributed by atoms with van der Waals surface area (Å²) < 4.78 is 45.4. The Kier molecular flexibility index (Phi) is 5.94. The number of alkyl halides is 3. The predicted octanol–water partition coefficient (Wildman–Crippen LogP) is 8.31. The van der Waals surface area contributed by atoms with Crippen molar-refractivity contribution in [2.45, 2.75) is 52.6 Å². The number of benzene rings is 3. The predicted molar refractivity (Wildman–Crippen MR) is 141 cm³/mol. The van der Waals surface area contributed by atoms with Crippen molar-refractivity contribution < 1.29 is 17.7 Å². The zero-order chi connectivity index (χ0) is 25.9. The average Bonchev–Trinajstić information content (AvgIpc) is 3.39. The Balaban J connectivity index is 1.92. The highest BCUT2D eigenvalue weighted by molar-refractivity contribution is 7.18. The van der Waals surface area contributed by atoms with Gasteiger partial charge in [0.25, 0.3) is 5.82 Å². The fourth-order valence-electron chi connectivity index (χ4n) is 5.10. The van der Waals surface area contributed by atoms with Gasteiger partial charge in [0.2, 0.25) is 0 Å². The number of nitrogens with zero attached hydrogens (tertiary/aromatic N) is 3. The third kappa shape index (κ3) is 3.81. The summed E-state index contributed by atoms with van der Waals surface area (Å²) in [4.78, 5) is 3.88. The van der Waals surface area contributed by atoms with E-state index in [9.17, 15) is 13.2 Å². The molecule has 186 valence electrons. The van der Waals surface area contributed by atoms with Gasteiger partial charge in [-0.25, -0.2) is 9.55 Å². The number of halogens is 3. The highest BCUT2D eigenvalue weighted by Crippen LogP contribution is 2.41. The Hall–Kier alpha value is -3.19. The summed E-state index contributed by atoms with van der Waals surface area (Å²) in [5.41, 5.74) is 7.81. The van der Waals surface area contributed by atoms with Gasteiger partial charge in [0.1, 0.15) is 5.69 Å². The summed E-state index contributed by atoms with van der Waals surface area (Å²) in [6.45, 7) is 10.7. The Morgan fingerprint density at radius 2 is 1.53 bits per heavy atom. The van der Waals surface area contributed by atoms with E-state index in [2.05, 4.69) is 72.1 Å². The van der Waals surface area contributed by atoms with Crippen LogP contribution >= 0.6 is 11.3 Å². The lowest BCUT2D eigenvalue weighted by atomic mass is 9.92. The number of hydrogen-bond acceptors (Lipinski definition) is 2. The van der Waals surface area contributed by atoms with Crippen LogP contribution in [-0.4, -0.2) is 9.55 Å². The molecule has 0 unspecified atom stereocenters. The van der Waals surface area contributed by atoms with Crippen LogP contribution in [0.4, 0.5) is 13.2 Å². The minimum atomic E-state index is -4.46. The van der Waals surface area contributed by atoms with Crippen molar-refractivity contribution in [1.82, 2.24) is 9.55 Å². The zero-order valence-electron chi connectivity index (χ0n) is 21.2. The molecule has 0 aliphatic rings. The largest absolute Gasteiger partial charge is 0.443 e. The molecule has 0 saturated carbocycles. The molecule has 7 heteroatoms. The van der Waals surface area contributed by atoms with E-state index in [4.69, 9.17) is 0 Å². The van der Waals surface area contributed by atoms with Crippen molar-refractivity contribution in [2.24, 2.45) is 7.05 Å². The molecule has 0 N–H and O–H groups in total. The summed E-state index contributed by atoms with van der Waals surface area (Å²) in [5, 5.41) is -0.810. The van der Waals surface area contributed by atoms with Gasteiger partial charge in [0.15, 0.2) is 16.0 Å². The SMILES string of the molecule is Cc1c(-c2n(-c3c(C(C)C)cccc3C(C)C)c3ccccc3[n+]2C)ccc2nc(C(F)(F)F)sc12. The average molecular weight is 509 g/mol. The summed E-state index contributed by atoms with van der Waals surface area (Å²) in [6.07, 6.45) is -4.46. The molecule has 0 aliphatic carbocycles. The van der Waals surface area contributed by atoms with Crippen LogP contribution in [0.15, 0.2) is 54.6 Å². The second kappa shape index (κ2) is 8.73. The first kappa shape index (κ1) is 24.5. The van der Waals surface area contributed by atoms with Crippen LogP contribution < -0.4 is 4.57 Å². The second-order valence-electron chi connectivity index (χ2n) is 9.90. The monoisotopic (exact) mass is 508 g/mol. The molecular formula is C29H29F3N3S+. The van der Waals surface area contributed by atoms with Crippen LogP contribution in [0.2, 0.25) is 0 Å². The van der Waals surface area contributed by atoms with E-state index in [-0.39, 0.29) is 11.8 Å². The quantitative estimate of drug-likeness (QED) is 0.224. The summed E-state index contributed by atoms with van der Waals surface area (Å²) in [5.74, 6) is 1.52. The van der Waals surface area contributed by atoms with E-state index in [0.717, 1.165) is 33.7 Å². The van der Waals surface area contributed by atoms with Crippen LogP contribution in [0, 0.1) is 6.92 Å². The van der Waals surface area contributed by atoms with Crippen LogP contribution in [0.3, 0.4) is 0 Å². The van der Waals surface area contributed by atoms with Gasteiger partial charge in [-0.3, -0.25) is 0 Å². The van der Waals surface area contributed by atoms with Crippen molar-refractivity contribution in [3.05, 3.63) is 76.3 Å². The number of aryl methyl sites for hydroxylation is 2. The van der Waals surface area contributed by atoms with Crippen LogP contribution in [-0.2, 0) is 13.2 Å². The van der Waals surface area contributed by atoms with E-state index in [0.29, 0.717) is 21.6 Å². The molecule has 3 nitrogen and oxygen atoms in total. The molecule has 0 spiro atoms.